The molecule has 0 aromatic heterocycles. The summed E-state index contributed by atoms with van der Waals surface area (Å²) in [4.78, 5) is 12.6. The number of carbonyl (C=O) groups excluding carboxylic acids is 1. The molecule has 3 aromatic carbocycles. The van der Waals surface area contributed by atoms with Gasteiger partial charge in [-0.15, -0.1) is 0 Å². The second kappa shape index (κ2) is 8.75. The summed E-state index contributed by atoms with van der Waals surface area (Å²) < 4.78 is 5.83. The van der Waals surface area contributed by atoms with Gasteiger partial charge in [-0.05, 0) is 29.8 Å². The summed E-state index contributed by atoms with van der Waals surface area (Å²) >= 11 is 12.1. The molecule has 0 aliphatic carbocycles. The molecule has 0 bridgehead atoms. The molecule has 0 saturated carbocycles. The third-order valence-corrected chi connectivity index (χ3v) is 4.64. The second-order valence-corrected chi connectivity index (χ2v) is 6.42. The molecular formula is C21H17Cl2NO2. The minimum Gasteiger partial charge on any atom is -0.492 e. The van der Waals surface area contributed by atoms with Crippen molar-refractivity contribution in [3.05, 3.63) is 94.0 Å². The Labute approximate surface area is 162 Å². The summed E-state index contributed by atoms with van der Waals surface area (Å²) in [7, 11) is 0. The van der Waals surface area contributed by atoms with Gasteiger partial charge in [-0.2, -0.15) is 0 Å². The fraction of sp³-hybridized carbons (Fsp3) is 0.0952. The van der Waals surface area contributed by atoms with E-state index in [1.807, 2.05) is 36.4 Å². The maximum absolute atomic E-state index is 12.6. The van der Waals surface area contributed by atoms with Crippen molar-refractivity contribution >= 4 is 34.8 Å². The number of halogens is 2. The summed E-state index contributed by atoms with van der Waals surface area (Å²) in [6.07, 6.45) is 0.761. The smallest absolute Gasteiger partial charge is 0.259 e. The molecule has 1 amide bonds. The highest BCUT2D eigenvalue weighted by Gasteiger charge is 2.14. The van der Waals surface area contributed by atoms with E-state index in [1.54, 1.807) is 36.4 Å². The van der Waals surface area contributed by atoms with Gasteiger partial charge in [0.25, 0.3) is 5.91 Å². The number of para-hydroxylation sites is 1. The van der Waals surface area contributed by atoms with E-state index < -0.39 is 0 Å². The van der Waals surface area contributed by atoms with Gasteiger partial charge in [-0.25, -0.2) is 0 Å². The Morgan fingerprint density at radius 2 is 1.62 bits per heavy atom. The van der Waals surface area contributed by atoms with Gasteiger partial charge in [0, 0.05) is 6.42 Å². The lowest BCUT2D eigenvalue weighted by molar-refractivity contribution is 0.102. The van der Waals surface area contributed by atoms with Gasteiger partial charge in [0.2, 0.25) is 0 Å². The van der Waals surface area contributed by atoms with Gasteiger partial charge in [-0.3, -0.25) is 4.79 Å². The van der Waals surface area contributed by atoms with Crippen LogP contribution in [0.3, 0.4) is 0 Å². The molecule has 0 radical (unpaired) electrons. The van der Waals surface area contributed by atoms with Crippen molar-refractivity contribution < 1.29 is 9.53 Å². The average molecular weight is 386 g/mol. The Balaban J connectivity index is 1.70. The molecule has 0 saturated heterocycles. The van der Waals surface area contributed by atoms with Crippen LogP contribution in [0.1, 0.15) is 15.9 Å². The Bertz CT molecular complexity index is 898. The zero-order valence-corrected chi connectivity index (χ0v) is 15.4. The highest BCUT2D eigenvalue weighted by molar-refractivity contribution is 6.44. The predicted octanol–water partition coefficient (Wildman–Crippen LogP) is 5.87. The van der Waals surface area contributed by atoms with E-state index in [9.17, 15) is 4.79 Å². The number of nitrogens with one attached hydrogen (secondary N) is 1. The number of ether oxygens (including phenoxy) is 1. The first kappa shape index (κ1) is 18.3. The molecule has 0 aliphatic rings. The lowest BCUT2D eigenvalue weighted by atomic mass is 10.1. The van der Waals surface area contributed by atoms with Crippen molar-refractivity contribution in [3.63, 3.8) is 0 Å². The molecule has 0 fully saturated rings. The lowest BCUT2D eigenvalue weighted by Crippen LogP contribution is -2.14. The first-order valence-electron chi connectivity index (χ1n) is 8.16. The lowest BCUT2D eigenvalue weighted by Gasteiger charge is -2.13. The molecule has 3 rings (SSSR count). The third kappa shape index (κ3) is 4.57. The molecule has 26 heavy (non-hydrogen) atoms. The van der Waals surface area contributed by atoms with Crippen molar-refractivity contribution in [2.45, 2.75) is 6.42 Å². The number of anilines is 1. The van der Waals surface area contributed by atoms with E-state index >= 15 is 0 Å². The van der Waals surface area contributed by atoms with E-state index in [-0.39, 0.29) is 5.91 Å². The second-order valence-electron chi connectivity index (χ2n) is 5.64. The number of benzene rings is 3. The first-order valence-corrected chi connectivity index (χ1v) is 8.92. The van der Waals surface area contributed by atoms with Crippen molar-refractivity contribution in [1.82, 2.24) is 0 Å². The van der Waals surface area contributed by atoms with Gasteiger partial charge < -0.3 is 10.1 Å². The van der Waals surface area contributed by atoms with Gasteiger partial charge in [-0.1, -0.05) is 71.7 Å². The number of amides is 1. The highest BCUT2D eigenvalue weighted by atomic mass is 35.5. The molecule has 132 valence electrons. The largest absolute Gasteiger partial charge is 0.492 e. The van der Waals surface area contributed by atoms with Crippen LogP contribution < -0.4 is 10.1 Å². The van der Waals surface area contributed by atoms with Crippen LogP contribution in [0.25, 0.3) is 0 Å². The standard InChI is InChI=1S/C21H17Cl2NO2/c22-17-10-6-11-18(20(17)23)24-21(25)16-9-4-5-12-19(16)26-14-13-15-7-2-1-3-8-15/h1-12H,13-14H2,(H,24,25). The summed E-state index contributed by atoms with van der Waals surface area (Å²) in [6.45, 7) is 0.478. The van der Waals surface area contributed by atoms with Crippen LogP contribution >= 0.6 is 23.2 Å². The maximum atomic E-state index is 12.6. The predicted molar refractivity (Wildman–Crippen MR) is 106 cm³/mol. The van der Waals surface area contributed by atoms with E-state index in [1.165, 1.54) is 5.56 Å². The average Bonchev–Trinajstić information content (AvgIpc) is 2.67. The zero-order valence-electron chi connectivity index (χ0n) is 13.9. The van der Waals surface area contributed by atoms with Crippen molar-refractivity contribution in [3.8, 4) is 5.75 Å². The van der Waals surface area contributed by atoms with Gasteiger partial charge in [0.05, 0.1) is 27.9 Å². The van der Waals surface area contributed by atoms with Crippen molar-refractivity contribution in [2.24, 2.45) is 0 Å². The first-order chi connectivity index (χ1) is 12.6. The summed E-state index contributed by atoms with van der Waals surface area (Å²) in [6, 6.07) is 22.3. The van der Waals surface area contributed by atoms with E-state index in [2.05, 4.69) is 5.32 Å². The third-order valence-electron chi connectivity index (χ3n) is 3.82. The Kier molecular flexibility index (Phi) is 6.16. The van der Waals surface area contributed by atoms with Crippen LogP contribution in [0.5, 0.6) is 5.75 Å². The molecule has 3 nitrogen and oxygen atoms in total. The van der Waals surface area contributed by atoms with E-state index in [0.717, 1.165) is 6.42 Å². The van der Waals surface area contributed by atoms with Crippen LogP contribution in [-0.4, -0.2) is 12.5 Å². The summed E-state index contributed by atoms with van der Waals surface area (Å²) in [5, 5.41) is 3.48. The monoisotopic (exact) mass is 385 g/mol. The molecule has 3 aromatic rings. The molecule has 1 N–H and O–H groups in total. The summed E-state index contributed by atoms with van der Waals surface area (Å²) in [5.41, 5.74) is 2.08. The number of carbonyl (C=O) groups is 1. The van der Waals surface area contributed by atoms with Crippen LogP contribution in [0, 0.1) is 0 Å². The van der Waals surface area contributed by atoms with Gasteiger partial charge in [0.1, 0.15) is 5.75 Å². The zero-order chi connectivity index (χ0) is 18.4. The van der Waals surface area contributed by atoms with Crippen molar-refractivity contribution in [1.29, 1.82) is 0 Å². The Morgan fingerprint density at radius 1 is 0.885 bits per heavy atom. The number of hydrogen-bond donors (Lipinski definition) is 1. The number of hydrogen-bond acceptors (Lipinski definition) is 2. The molecule has 5 heteroatoms. The van der Waals surface area contributed by atoms with Crippen LogP contribution in [0.15, 0.2) is 72.8 Å². The molecule has 0 atom stereocenters. The maximum Gasteiger partial charge on any atom is 0.259 e. The molecule has 0 spiro atoms. The van der Waals surface area contributed by atoms with Gasteiger partial charge >= 0.3 is 0 Å². The normalized spacial score (nSPS) is 10.4. The van der Waals surface area contributed by atoms with Crippen LogP contribution in [0.4, 0.5) is 5.69 Å². The van der Waals surface area contributed by atoms with E-state index in [4.69, 9.17) is 27.9 Å². The SMILES string of the molecule is O=C(Nc1cccc(Cl)c1Cl)c1ccccc1OCCc1ccccc1. The minimum absolute atomic E-state index is 0.301. The van der Waals surface area contributed by atoms with E-state index in [0.29, 0.717) is 33.7 Å². The Morgan fingerprint density at radius 3 is 2.42 bits per heavy atom. The molecule has 0 heterocycles. The number of rotatable bonds is 6. The molecule has 0 unspecified atom stereocenters. The molecule has 0 aliphatic heterocycles. The van der Waals surface area contributed by atoms with Crippen LogP contribution in [0.2, 0.25) is 10.0 Å². The minimum atomic E-state index is -0.301. The topological polar surface area (TPSA) is 38.3 Å². The quantitative estimate of drug-likeness (QED) is 0.576. The summed E-state index contributed by atoms with van der Waals surface area (Å²) in [5.74, 6) is 0.226. The molecular weight excluding hydrogens is 369 g/mol. The fourth-order valence-corrected chi connectivity index (χ4v) is 2.84. The van der Waals surface area contributed by atoms with Crippen LogP contribution in [-0.2, 0) is 6.42 Å². The highest BCUT2D eigenvalue weighted by Crippen LogP contribution is 2.30. The Hall–Kier alpha value is -2.49. The van der Waals surface area contributed by atoms with Crippen molar-refractivity contribution in [2.75, 3.05) is 11.9 Å². The van der Waals surface area contributed by atoms with Gasteiger partial charge in [0.15, 0.2) is 0 Å². The fourth-order valence-electron chi connectivity index (χ4n) is 2.49.